The average Bonchev–Trinajstić information content (AvgIpc) is 2.96. The Bertz CT molecular complexity index is 972. The van der Waals surface area contributed by atoms with Gasteiger partial charge in [-0.3, -0.25) is 19.2 Å². The number of amides is 3. The highest BCUT2D eigenvalue weighted by molar-refractivity contribution is 5.89. The van der Waals surface area contributed by atoms with Crippen molar-refractivity contribution < 1.29 is 23.9 Å². The highest BCUT2D eigenvalue weighted by Crippen LogP contribution is 2.28. The fourth-order valence-electron chi connectivity index (χ4n) is 6.03. The molecule has 2 unspecified atom stereocenters. The molecule has 41 heavy (non-hydrogen) atoms. The second-order valence-corrected chi connectivity index (χ2v) is 12.0. The zero-order valence-electron chi connectivity index (χ0n) is 25.2. The van der Waals surface area contributed by atoms with Gasteiger partial charge in [-0.1, -0.05) is 62.4 Å². The van der Waals surface area contributed by atoms with Gasteiger partial charge in [-0.2, -0.15) is 0 Å². The SMILES string of the molecule is CNC1CCN(C(=O)CC(Cc2ccccc2)C(=O)NCC(=O)NC(CC(=O)OC(C)C)CC2CCCCC2)CC1. The van der Waals surface area contributed by atoms with Crippen molar-refractivity contribution in [1.29, 1.82) is 0 Å². The van der Waals surface area contributed by atoms with Gasteiger partial charge in [0.1, 0.15) is 0 Å². The summed E-state index contributed by atoms with van der Waals surface area (Å²) in [6.45, 7) is 4.76. The van der Waals surface area contributed by atoms with Gasteiger partial charge in [-0.25, -0.2) is 0 Å². The first-order valence-electron chi connectivity index (χ1n) is 15.5. The summed E-state index contributed by atoms with van der Waals surface area (Å²) in [5.41, 5.74) is 0.968. The Kier molecular flexibility index (Phi) is 13.6. The number of carbonyl (C=O) groups is 4. The molecule has 0 spiro atoms. The summed E-state index contributed by atoms with van der Waals surface area (Å²) in [6, 6.07) is 9.72. The number of esters is 1. The Labute approximate surface area is 245 Å². The summed E-state index contributed by atoms with van der Waals surface area (Å²) in [6.07, 6.45) is 8.70. The maximum absolute atomic E-state index is 13.3. The molecule has 1 aliphatic heterocycles. The Morgan fingerprint density at radius 3 is 2.27 bits per heavy atom. The van der Waals surface area contributed by atoms with E-state index in [0.29, 0.717) is 31.5 Å². The van der Waals surface area contributed by atoms with Crippen molar-refractivity contribution in [3.8, 4) is 0 Å². The summed E-state index contributed by atoms with van der Waals surface area (Å²) in [4.78, 5) is 53.7. The van der Waals surface area contributed by atoms with Gasteiger partial charge in [-0.05, 0) is 58.1 Å². The van der Waals surface area contributed by atoms with Gasteiger partial charge in [-0.15, -0.1) is 0 Å². The van der Waals surface area contributed by atoms with Crippen molar-refractivity contribution in [2.75, 3.05) is 26.7 Å². The van der Waals surface area contributed by atoms with Crippen LogP contribution in [0.4, 0.5) is 0 Å². The predicted molar refractivity (Wildman–Crippen MR) is 159 cm³/mol. The van der Waals surface area contributed by atoms with Gasteiger partial charge in [0.2, 0.25) is 17.7 Å². The van der Waals surface area contributed by atoms with Gasteiger partial charge in [0.05, 0.1) is 25.0 Å². The molecule has 1 aliphatic carbocycles. The van der Waals surface area contributed by atoms with Crippen LogP contribution >= 0.6 is 0 Å². The van der Waals surface area contributed by atoms with Crippen LogP contribution in [0.5, 0.6) is 0 Å². The molecule has 2 aliphatic rings. The van der Waals surface area contributed by atoms with E-state index in [9.17, 15) is 19.2 Å². The molecule has 2 atom stereocenters. The minimum atomic E-state index is -0.584. The molecule has 1 heterocycles. The summed E-state index contributed by atoms with van der Waals surface area (Å²) < 4.78 is 5.34. The molecule has 9 heteroatoms. The second kappa shape index (κ2) is 17.1. The Morgan fingerprint density at radius 2 is 1.63 bits per heavy atom. The van der Waals surface area contributed by atoms with Crippen LogP contribution < -0.4 is 16.0 Å². The number of hydrogen-bond acceptors (Lipinski definition) is 6. The van der Waals surface area contributed by atoms with Crippen LogP contribution in [0.2, 0.25) is 0 Å². The third kappa shape index (κ3) is 11.8. The normalized spacial score (nSPS) is 18.0. The van der Waals surface area contributed by atoms with Gasteiger partial charge >= 0.3 is 5.97 Å². The number of likely N-dealkylation sites (tertiary alicyclic amines) is 1. The maximum Gasteiger partial charge on any atom is 0.308 e. The van der Waals surface area contributed by atoms with E-state index >= 15 is 0 Å². The smallest absolute Gasteiger partial charge is 0.308 e. The fourth-order valence-corrected chi connectivity index (χ4v) is 6.03. The minimum absolute atomic E-state index is 0.0312. The number of benzene rings is 1. The van der Waals surface area contributed by atoms with E-state index in [2.05, 4.69) is 16.0 Å². The van der Waals surface area contributed by atoms with Crippen molar-refractivity contribution in [2.45, 2.75) is 103 Å². The molecule has 1 aromatic carbocycles. The van der Waals surface area contributed by atoms with E-state index in [1.54, 1.807) is 0 Å². The van der Waals surface area contributed by atoms with E-state index in [-0.39, 0.29) is 55.2 Å². The summed E-state index contributed by atoms with van der Waals surface area (Å²) in [5, 5.41) is 9.02. The minimum Gasteiger partial charge on any atom is -0.463 e. The number of rotatable bonds is 14. The highest BCUT2D eigenvalue weighted by atomic mass is 16.5. The Morgan fingerprint density at radius 1 is 0.951 bits per heavy atom. The standard InChI is InChI=1S/C32H50N4O5/c1-23(2)41-31(39)21-28(19-25-12-8-5-9-13-25)35-29(37)22-34-32(40)26(18-24-10-6-4-7-11-24)20-30(38)36-16-14-27(33-3)15-17-36/h4,6-7,10-11,23,25-28,33H,5,8-9,12-22H2,1-3H3,(H,34,40)(H,35,37). The van der Waals surface area contributed by atoms with Gasteiger partial charge < -0.3 is 25.6 Å². The second-order valence-electron chi connectivity index (χ2n) is 12.0. The van der Waals surface area contributed by atoms with Crippen LogP contribution in [0.3, 0.4) is 0 Å². The van der Waals surface area contributed by atoms with Crippen molar-refractivity contribution in [3.63, 3.8) is 0 Å². The van der Waals surface area contributed by atoms with Gasteiger partial charge in [0.15, 0.2) is 0 Å². The fraction of sp³-hybridized carbons (Fsp3) is 0.688. The van der Waals surface area contributed by atoms with Crippen LogP contribution in [-0.4, -0.2) is 73.5 Å². The van der Waals surface area contributed by atoms with Gasteiger partial charge in [0.25, 0.3) is 0 Å². The molecule has 3 amide bonds. The first kappa shape index (κ1) is 32.6. The third-order valence-electron chi connectivity index (χ3n) is 8.28. The van der Waals surface area contributed by atoms with E-state index in [1.807, 2.05) is 56.1 Å². The lowest BCUT2D eigenvalue weighted by Gasteiger charge is -2.32. The van der Waals surface area contributed by atoms with E-state index in [4.69, 9.17) is 4.74 Å². The molecule has 3 N–H and O–H groups in total. The van der Waals surface area contributed by atoms with Crippen LogP contribution in [-0.2, 0) is 30.3 Å². The predicted octanol–water partition coefficient (Wildman–Crippen LogP) is 3.36. The molecule has 0 radical (unpaired) electrons. The highest BCUT2D eigenvalue weighted by Gasteiger charge is 2.29. The summed E-state index contributed by atoms with van der Waals surface area (Å²) in [7, 11) is 1.94. The zero-order valence-corrected chi connectivity index (χ0v) is 25.2. The third-order valence-corrected chi connectivity index (χ3v) is 8.28. The molecule has 1 saturated carbocycles. The molecule has 3 rings (SSSR count). The Balaban J connectivity index is 1.58. The molecule has 9 nitrogen and oxygen atoms in total. The first-order chi connectivity index (χ1) is 19.7. The molecular weight excluding hydrogens is 520 g/mol. The largest absolute Gasteiger partial charge is 0.463 e. The zero-order chi connectivity index (χ0) is 29.6. The van der Waals surface area contributed by atoms with E-state index in [0.717, 1.165) is 37.7 Å². The number of nitrogens with zero attached hydrogens (tertiary/aromatic N) is 1. The molecule has 0 bridgehead atoms. The summed E-state index contributed by atoms with van der Waals surface area (Å²) >= 11 is 0. The Hall–Kier alpha value is -2.94. The topological polar surface area (TPSA) is 117 Å². The average molecular weight is 571 g/mol. The molecule has 1 aromatic rings. The molecule has 2 fully saturated rings. The van der Waals surface area contributed by atoms with Crippen LogP contribution in [0, 0.1) is 11.8 Å². The number of ether oxygens (including phenoxy) is 1. The van der Waals surface area contributed by atoms with Crippen LogP contribution in [0.25, 0.3) is 0 Å². The summed E-state index contributed by atoms with van der Waals surface area (Å²) in [5.74, 6) is -1.13. The molecule has 228 valence electrons. The van der Waals surface area contributed by atoms with Crippen molar-refractivity contribution in [3.05, 3.63) is 35.9 Å². The van der Waals surface area contributed by atoms with Crippen molar-refractivity contribution in [2.24, 2.45) is 11.8 Å². The quantitative estimate of drug-likeness (QED) is 0.296. The number of piperidine rings is 1. The maximum atomic E-state index is 13.3. The van der Waals surface area contributed by atoms with Gasteiger partial charge in [0, 0.05) is 31.6 Å². The number of nitrogens with one attached hydrogen (secondary N) is 3. The lowest BCUT2D eigenvalue weighted by molar-refractivity contribution is -0.148. The van der Waals surface area contributed by atoms with Crippen LogP contribution in [0.15, 0.2) is 30.3 Å². The first-order valence-corrected chi connectivity index (χ1v) is 15.5. The molecular formula is C32H50N4O5. The lowest BCUT2D eigenvalue weighted by atomic mass is 9.84. The number of hydrogen-bond donors (Lipinski definition) is 3. The molecule has 0 aromatic heterocycles. The van der Waals surface area contributed by atoms with Crippen LogP contribution in [0.1, 0.15) is 83.6 Å². The lowest BCUT2D eigenvalue weighted by Crippen LogP contribution is -2.47. The van der Waals surface area contributed by atoms with E-state index < -0.39 is 5.92 Å². The van der Waals surface area contributed by atoms with Crippen molar-refractivity contribution in [1.82, 2.24) is 20.9 Å². The molecule has 1 saturated heterocycles. The van der Waals surface area contributed by atoms with E-state index in [1.165, 1.54) is 19.3 Å². The number of carbonyl (C=O) groups excluding carboxylic acids is 4. The monoisotopic (exact) mass is 570 g/mol. The van der Waals surface area contributed by atoms with Crippen molar-refractivity contribution >= 4 is 23.7 Å².